The largest absolute Gasteiger partial charge is 0.359 e. The molecule has 2 rings (SSSR count). The molecule has 0 bridgehead atoms. The topological polar surface area (TPSA) is 24.4 Å². The maximum atomic E-state index is 4.94. The van der Waals surface area contributed by atoms with Crippen molar-refractivity contribution >= 4 is 28.3 Å². The highest BCUT2D eigenvalue weighted by atomic mass is 32.2. The van der Waals surface area contributed by atoms with Gasteiger partial charge in [0.1, 0.15) is 0 Å². The van der Waals surface area contributed by atoms with Crippen LogP contribution >= 0.6 is 23.1 Å². The number of hydrogen-bond donors (Lipinski definition) is 1. The third kappa shape index (κ3) is 3.09. The molecule has 0 amide bonds. The van der Waals surface area contributed by atoms with E-state index < -0.39 is 0 Å². The Balaban J connectivity index is 2.15. The molecule has 0 aliphatic carbocycles. The molecule has 0 saturated carbocycles. The maximum absolute atomic E-state index is 4.94. The van der Waals surface area contributed by atoms with E-state index in [1.165, 1.54) is 4.88 Å². The van der Waals surface area contributed by atoms with Crippen molar-refractivity contribution in [3.05, 3.63) is 22.4 Å². The molecule has 18 heavy (non-hydrogen) atoms. The van der Waals surface area contributed by atoms with Crippen molar-refractivity contribution in [1.29, 1.82) is 0 Å². The van der Waals surface area contributed by atoms with Crippen LogP contribution in [0, 0.1) is 5.92 Å². The molecule has 1 saturated heterocycles. The molecular weight excluding hydrogens is 260 g/mol. The van der Waals surface area contributed by atoms with Crippen LogP contribution in [-0.4, -0.2) is 16.5 Å². The zero-order valence-corrected chi connectivity index (χ0v) is 13.2. The molecule has 2 unspecified atom stereocenters. The predicted octanol–water partition coefficient (Wildman–Crippen LogP) is 4.31. The zero-order chi connectivity index (χ0) is 13.2. The fourth-order valence-electron chi connectivity index (χ4n) is 1.95. The van der Waals surface area contributed by atoms with Gasteiger partial charge in [0.2, 0.25) is 0 Å². The van der Waals surface area contributed by atoms with Crippen LogP contribution in [0.3, 0.4) is 0 Å². The van der Waals surface area contributed by atoms with Crippen molar-refractivity contribution in [3.63, 3.8) is 0 Å². The van der Waals surface area contributed by atoms with Crippen molar-refractivity contribution in [1.82, 2.24) is 5.32 Å². The van der Waals surface area contributed by atoms with Gasteiger partial charge >= 0.3 is 0 Å². The van der Waals surface area contributed by atoms with Crippen molar-refractivity contribution < 1.29 is 0 Å². The second-order valence-electron chi connectivity index (χ2n) is 5.47. The lowest BCUT2D eigenvalue weighted by molar-refractivity contribution is 0.461. The van der Waals surface area contributed by atoms with Crippen LogP contribution in [0.1, 0.15) is 45.0 Å². The van der Waals surface area contributed by atoms with Gasteiger partial charge in [-0.25, -0.2) is 0 Å². The number of thiophene rings is 1. The monoisotopic (exact) mass is 282 g/mol. The number of nitrogens with zero attached hydrogens (tertiary/aromatic N) is 1. The molecule has 1 fully saturated rings. The lowest BCUT2D eigenvalue weighted by atomic mass is 10.0. The highest BCUT2D eigenvalue weighted by Crippen LogP contribution is 2.33. The Morgan fingerprint density at radius 1 is 1.50 bits per heavy atom. The van der Waals surface area contributed by atoms with E-state index in [9.17, 15) is 0 Å². The average molecular weight is 282 g/mol. The molecule has 4 heteroatoms. The van der Waals surface area contributed by atoms with Gasteiger partial charge in [0.25, 0.3) is 0 Å². The summed E-state index contributed by atoms with van der Waals surface area (Å²) >= 11 is 3.66. The molecule has 2 heterocycles. The molecule has 100 valence electrons. The molecule has 0 radical (unpaired) electrons. The Labute approximate surface area is 118 Å². The summed E-state index contributed by atoms with van der Waals surface area (Å²) in [7, 11) is 0. The summed E-state index contributed by atoms with van der Waals surface area (Å²) in [4.78, 5) is 6.31. The minimum Gasteiger partial charge on any atom is -0.359 e. The predicted molar refractivity (Wildman–Crippen MR) is 83.6 cm³/mol. The van der Waals surface area contributed by atoms with Crippen LogP contribution in [-0.2, 0) is 0 Å². The van der Waals surface area contributed by atoms with Crippen molar-refractivity contribution in [2.45, 2.75) is 45.7 Å². The number of amidine groups is 1. The molecule has 1 aliphatic rings. The quantitative estimate of drug-likeness (QED) is 0.890. The van der Waals surface area contributed by atoms with Gasteiger partial charge in [0, 0.05) is 16.2 Å². The Hall–Kier alpha value is -0.480. The van der Waals surface area contributed by atoms with Crippen LogP contribution in [0.5, 0.6) is 0 Å². The van der Waals surface area contributed by atoms with Gasteiger partial charge in [-0.2, -0.15) is 0 Å². The SMILES string of the molecule is CCC1(C)CSC(=NC(c2cccs2)C(C)C)N1. The highest BCUT2D eigenvalue weighted by molar-refractivity contribution is 8.14. The molecule has 2 nitrogen and oxygen atoms in total. The zero-order valence-electron chi connectivity index (χ0n) is 11.6. The molecule has 0 spiro atoms. The average Bonchev–Trinajstić information content (AvgIpc) is 2.96. The number of hydrogen-bond acceptors (Lipinski definition) is 3. The highest BCUT2D eigenvalue weighted by Gasteiger charge is 2.31. The second-order valence-corrected chi connectivity index (χ2v) is 7.41. The van der Waals surface area contributed by atoms with Crippen LogP contribution in [0.15, 0.2) is 22.5 Å². The Kier molecular flexibility index (Phi) is 4.38. The van der Waals surface area contributed by atoms with Crippen LogP contribution < -0.4 is 5.32 Å². The molecular formula is C14H22N2S2. The van der Waals surface area contributed by atoms with Crippen molar-refractivity contribution in [2.75, 3.05) is 5.75 Å². The van der Waals surface area contributed by atoms with Crippen molar-refractivity contribution in [3.8, 4) is 0 Å². The Bertz CT molecular complexity index is 411. The fourth-order valence-corrected chi connectivity index (χ4v) is 4.12. The van der Waals surface area contributed by atoms with E-state index in [4.69, 9.17) is 4.99 Å². The molecule has 1 aromatic rings. The summed E-state index contributed by atoms with van der Waals surface area (Å²) in [5, 5.41) is 6.83. The summed E-state index contributed by atoms with van der Waals surface area (Å²) in [5.41, 5.74) is 0.223. The first-order valence-electron chi connectivity index (χ1n) is 6.56. The lowest BCUT2D eigenvalue weighted by Crippen LogP contribution is -2.39. The molecule has 1 N–H and O–H groups in total. The molecule has 1 aliphatic heterocycles. The van der Waals surface area contributed by atoms with Gasteiger partial charge in [-0.1, -0.05) is 38.6 Å². The number of aliphatic imine (C=N–C) groups is 1. The lowest BCUT2D eigenvalue weighted by Gasteiger charge is -2.22. The molecule has 2 atom stereocenters. The Morgan fingerprint density at radius 3 is 2.78 bits per heavy atom. The number of rotatable bonds is 4. The van der Waals surface area contributed by atoms with E-state index in [2.05, 4.69) is 50.5 Å². The first-order chi connectivity index (χ1) is 8.54. The van der Waals surface area contributed by atoms with Crippen LogP contribution in [0.4, 0.5) is 0 Å². The van der Waals surface area contributed by atoms with E-state index in [-0.39, 0.29) is 5.54 Å². The minimum absolute atomic E-state index is 0.223. The summed E-state index contributed by atoms with van der Waals surface area (Å²) in [5.74, 6) is 1.66. The smallest absolute Gasteiger partial charge is 0.157 e. The summed E-state index contributed by atoms with van der Waals surface area (Å²) < 4.78 is 0. The van der Waals surface area contributed by atoms with Crippen molar-refractivity contribution in [2.24, 2.45) is 10.9 Å². The Morgan fingerprint density at radius 2 is 2.28 bits per heavy atom. The fraction of sp³-hybridized carbons (Fsp3) is 0.643. The van der Waals surface area contributed by atoms with Gasteiger partial charge < -0.3 is 5.32 Å². The maximum Gasteiger partial charge on any atom is 0.157 e. The van der Waals surface area contributed by atoms with Gasteiger partial charge in [0.15, 0.2) is 5.17 Å². The minimum atomic E-state index is 0.223. The third-order valence-corrected chi connectivity index (χ3v) is 5.64. The third-order valence-electron chi connectivity index (χ3n) is 3.44. The molecule has 1 aromatic heterocycles. The van der Waals surface area contributed by atoms with E-state index in [1.54, 1.807) is 11.3 Å². The first kappa shape index (κ1) is 13.9. The van der Waals surface area contributed by atoms with Gasteiger partial charge in [-0.15, -0.1) is 11.3 Å². The summed E-state index contributed by atoms with van der Waals surface area (Å²) in [6.07, 6.45) is 1.14. The van der Waals surface area contributed by atoms with E-state index >= 15 is 0 Å². The van der Waals surface area contributed by atoms with E-state index in [0.29, 0.717) is 12.0 Å². The van der Waals surface area contributed by atoms with E-state index in [1.807, 2.05) is 11.8 Å². The second kappa shape index (κ2) is 5.66. The van der Waals surface area contributed by atoms with Gasteiger partial charge in [-0.05, 0) is 30.7 Å². The van der Waals surface area contributed by atoms with Crippen LogP contribution in [0.2, 0.25) is 0 Å². The van der Waals surface area contributed by atoms with Gasteiger partial charge in [0.05, 0.1) is 6.04 Å². The number of nitrogens with one attached hydrogen (secondary N) is 1. The summed E-state index contributed by atoms with van der Waals surface area (Å²) in [6, 6.07) is 4.60. The standard InChI is InChI=1S/C14H22N2S2/c1-5-14(4)9-18-13(16-14)15-12(10(2)3)11-7-6-8-17-11/h6-8,10,12H,5,9H2,1-4H3,(H,15,16). The number of thioether (sulfide) groups is 1. The normalized spacial score (nSPS) is 27.7. The van der Waals surface area contributed by atoms with Crippen LogP contribution in [0.25, 0.3) is 0 Å². The van der Waals surface area contributed by atoms with Gasteiger partial charge in [-0.3, -0.25) is 4.99 Å². The van der Waals surface area contributed by atoms with E-state index in [0.717, 1.165) is 17.3 Å². The summed E-state index contributed by atoms with van der Waals surface area (Å²) in [6.45, 7) is 8.99. The first-order valence-corrected chi connectivity index (χ1v) is 8.43. The molecule has 0 aromatic carbocycles.